The van der Waals surface area contributed by atoms with Crippen molar-refractivity contribution in [1.82, 2.24) is 4.57 Å². The van der Waals surface area contributed by atoms with E-state index in [2.05, 4.69) is 24.5 Å². The number of hydrogen-bond acceptors (Lipinski definition) is 7. The normalized spacial score (nSPS) is 11.1. The van der Waals surface area contributed by atoms with Crippen LogP contribution >= 0.6 is 11.3 Å². The number of rotatable bonds is 14. The average Bonchev–Trinajstić information content (AvgIpc) is 3.64. The number of fused-ring (bicyclic) bond motifs is 1. The summed E-state index contributed by atoms with van der Waals surface area (Å²) in [5.41, 5.74) is 5.43. The fourth-order valence-corrected chi connectivity index (χ4v) is 6.57. The molecule has 0 aliphatic carbocycles. The molecule has 0 saturated heterocycles. The van der Waals surface area contributed by atoms with E-state index in [1.54, 1.807) is 43.3 Å². The topological polar surface area (TPSA) is 94.8 Å². The minimum atomic E-state index is -0.371. The molecule has 0 bridgehead atoms. The van der Waals surface area contributed by atoms with Crippen molar-refractivity contribution in [3.63, 3.8) is 0 Å². The molecule has 7 nitrogen and oxygen atoms in total. The number of nitrogens with zero attached hydrogens (tertiary/aromatic N) is 1. The SMILES string of the molecule is CCCCOC(=O)c1ccc(-c2cc3ccc(C(=O)c4cc(CC(=O)OCC)c(-c5cccc(O)c5)s4)cc3n2CCCC)cc1. The average molecular weight is 638 g/mol. The molecule has 0 fully saturated rings. The van der Waals surface area contributed by atoms with E-state index in [-0.39, 0.29) is 36.5 Å². The molecule has 5 rings (SSSR count). The van der Waals surface area contributed by atoms with Crippen LogP contribution in [-0.2, 0) is 27.2 Å². The highest BCUT2D eigenvalue weighted by molar-refractivity contribution is 7.17. The zero-order chi connectivity index (χ0) is 32.6. The Labute approximate surface area is 273 Å². The van der Waals surface area contributed by atoms with E-state index in [0.29, 0.717) is 28.2 Å². The Kier molecular flexibility index (Phi) is 10.7. The van der Waals surface area contributed by atoms with E-state index in [4.69, 9.17) is 9.47 Å². The molecule has 0 spiro atoms. The predicted octanol–water partition coefficient (Wildman–Crippen LogP) is 8.84. The van der Waals surface area contributed by atoms with Gasteiger partial charge in [-0.1, -0.05) is 63.1 Å². The third-order valence-electron chi connectivity index (χ3n) is 7.83. The zero-order valence-corrected chi connectivity index (χ0v) is 27.3. The van der Waals surface area contributed by atoms with Crippen molar-refractivity contribution in [2.45, 2.75) is 59.4 Å². The molecule has 0 saturated carbocycles. The lowest BCUT2D eigenvalue weighted by Crippen LogP contribution is -2.07. The Morgan fingerprint density at radius 1 is 0.804 bits per heavy atom. The number of thiophene rings is 1. The molecule has 3 aromatic carbocycles. The molecule has 0 unspecified atom stereocenters. The number of aryl methyl sites for hydroxylation is 1. The van der Waals surface area contributed by atoms with Crippen LogP contribution in [0.25, 0.3) is 32.6 Å². The number of carbonyl (C=O) groups is 3. The number of benzene rings is 3. The van der Waals surface area contributed by atoms with Gasteiger partial charge in [0.2, 0.25) is 5.78 Å². The second kappa shape index (κ2) is 15.1. The highest BCUT2D eigenvalue weighted by Crippen LogP contribution is 2.37. The first-order valence-electron chi connectivity index (χ1n) is 15.9. The van der Waals surface area contributed by atoms with Crippen molar-refractivity contribution in [3.05, 3.63) is 100 Å². The summed E-state index contributed by atoms with van der Waals surface area (Å²) in [5, 5.41) is 11.1. The van der Waals surface area contributed by atoms with E-state index in [1.807, 2.05) is 36.4 Å². The molecule has 1 N–H and O–H groups in total. The number of phenols is 1. The number of ether oxygens (including phenoxy) is 2. The highest BCUT2D eigenvalue weighted by atomic mass is 32.1. The van der Waals surface area contributed by atoms with Crippen LogP contribution in [0.1, 0.15) is 77.6 Å². The minimum Gasteiger partial charge on any atom is -0.508 e. The van der Waals surface area contributed by atoms with Gasteiger partial charge in [0.1, 0.15) is 5.75 Å². The molecule has 46 heavy (non-hydrogen) atoms. The number of esters is 2. The van der Waals surface area contributed by atoms with Crippen LogP contribution in [0.4, 0.5) is 0 Å². The lowest BCUT2D eigenvalue weighted by Gasteiger charge is -2.12. The second-order valence-electron chi connectivity index (χ2n) is 11.2. The van der Waals surface area contributed by atoms with Crippen molar-refractivity contribution in [3.8, 4) is 27.4 Å². The van der Waals surface area contributed by atoms with E-state index < -0.39 is 0 Å². The van der Waals surface area contributed by atoms with Gasteiger partial charge in [0.15, 0.2) is 0 Å². The third kappa shape index (κ3) is 7.40. The van der Waals surface area contributed by atoms with Crippen LogP contribution in [0.2, 0.25) is 0 Å². The maximum atomic E-state index is 14.0. The summed E-state index contributed by atoms with van der Waals surface area (Å²) in [6.07, 6.45) is 3.81. The van der Waals surface area contributed by atoms with Gasteiger partial charge in [0.05, 0.1) is 30.1 Å². The number of ketones is 1. The van der Waals surface area contributed by atoms with Crippen molar-refractivity contribution in [2.75, 3.05) is 13.2 Å². The number of hydrogen-bond donors (Lipinski definition) is 1. The van der Waals surface area contributed by atoms with Gasteiger partial charge in [-0.05, 0) is 78.9 Å². The third-order valence-corrected chi connectivity index (χ3v) is 9.06. The molecule has 238 valence electrons. The summed E-state index contributed by atoms with van der Waals surface area (Å²) >= 11 is 1.31. The number of unbranched alkanes of at least 4 members (excludes halogenated alkanes) is 2. The largest absolute Gasteiger partial charge is 0.508 e. The van der Waals surface area contributed by atoms with Crippen LogP contribution < -0.4 is 0 Å². The number of carbonyl (C=O) groups excluding carboxylic acids is 3. The summed E-state index contributed by atoms with van der Waals surface area (Å²) in [6.45, 7) is 7.42. The molecule has 0 aliphatic rings. The van der Waals surface area contributed by atoms with Crippen LogP contribution in [-0.4, -0.2) is 40.6 Å². The van der Waals surface area contributed by atoms with Crippen molar-refractivity contribution in [1.29, 1.82) is 0 Å². The first-order chi connectivity index (χ1) is 22.3. The summed E-state index contributed by atoms with van der Waals surface area (Å²) < 4.78 is 12.8. The summed E-state index contributed by atoms with van der Waals surface area (Å²) in [7, 11) is 0. The molecule has 2 heterocycles. The Bertz CT molecular complexity index is 1850. The fourth-order valence-electron chi connectivity index (χ4n) is 5.43. The molecule has 8 heteroatoms. The fraction of sp³-hybridized carbons (Fsp3) is 0.289. The Hall–Kier alpha value is -4.69. The number of aromatic hydroxyl groups is 1. The second-order valence-corrected chi connectivity index (χ2v) is 12.3. The molecule has 2 aromatic heterocycles. The Morgan fingerprint density at radius 3 is 2.28 bits per heavy atom. The van der Waals surface area contributed by atoms with E-state index >= 15 is 0 Å². The zero-order valence-electron chi connectivity index (χ0n) is 26.5. The van der Waals surface area contributed by atoms with Crippen molar-refractivity contribution in [2.24, 2.45) is 0 Å². The van der Waals surface area contributed by atoms with E-state index in [9.17, 15) is 19.5 Å². The van der Waals surface area contributed by atoms with Gasteiger partial charge in [-0.15, -0.1) is 11.3 Å². The maximum Gasteiger partial charge on any atom is 0.338 e. The van der Waals surface area contributed by atoms with E-state index in [1.165, 1.54) is 11.3 Å². The lowest BCUT2D eigenvalue weighted by molar-refractivity contribution is -0.142. The molecule has 0 atom stereocenters. The Morgan fingerprint density at radius 2 is 1.57 bits per heavy atom. The number of aromatic nitrogens is 1. The first-order valence-corrected chi connectivity index (χ1v) is 16.7. The van der Waals surface area contributed by atoms with Gasteiger partial charge in [-0.25, -0.2) is 4.79 Å². The Balaban J connectivity index is 1.49. The molecule has 0 radical (unpaired) electrons. The summed E-state index contributed by atoms with van der Waals surface area (Å²) in [5.74, 6) is -0.721. The van der Waals surface area contributed by atoms with Crippen LogP contribution in [0.15, 0.2) is 78.9 Å². The van der Waals surface area contributed by atoms with Gasteiger partial charge < -0.3 is 19.1 Å². The van der Waals surface area contributed by atoms with Gasteiger partial charge >= 0.3 is 11.9 Å². The van der Waals surface area contributed by atoms with Crippen LogP contribution in [0.5, 0.6) is 5.75 Å². The minimum absolute atomic E-state index is 0.0279. The summed E-state index contributed by atoms with van der Waals surface area (Å²) in [4.78, 5) is 40.1. The van der Waals surface area contributed by atoms with Gasteiger partial charge in [-0.2, -0.15) is 0 Å². The smallest absolute Gasteiger partial charge is 0.338 e. The van der Waals surface area contributed by atoms with Gasteiger partial charge in [-0.3, -0.25) is 9.59 Å². The van der Waals surface area contributed by atoms with Crippen LogP contribution in [0, 0.1) is 0 Å². The molecule has 0 aliphatic heterocycles. The molecule has 0 amide bonds. The maximum absolute atomic E-state index is 14.0. The number of phenolic OH excluding ortho intramolecular Hbond substituents is 1. The molecular formula is C38H39NO6S. The molecular weight excluding hydrogens is 598 g/mol. The first kappa shape index (κ1) is 32.7. The van der Waals surface area contributed by atoms with Crippen molar-refractivity contribution >= 4 is 40.0 Å². The predicted molar refractivity (Wildman–Crippen MR) is 183 cm³/mol. The highest BCUT2D eigenvalue weighted by Gasteiger charge is 2.21. The summed E-state index contributed by atoms with van der Waals surface area (Å²) in [6, 6.07) is 23.9. The lowest BCUT2D eigenvalue weighted by atomic mass is 10.0. The van der Waals surface area contributed by atoms with Crippen LogP contribution in [0.3, 0.4) is 0 Å². The van der Waals surface area contributed by atoms with E-state index in [0.717, 1.165) is 64.8 Å². The van der Waals surface area contributed by atoms with Gasteiger partial charge in [0.25, 0.3) is 0 Å². The standard InChI is InChI=1S/C38H39NO6S/c1-4-7-18-39-32(25-12-14-26(15-13-25)38(43)45-19-8-5-2)21-27-16-17-28(22-33(27)39)36(42)34-23-30(24-35(41)44-6-3)37(46-34)29-10-9-11-31(40)20-29/h9-17,20-23,40H,4-8,18-19,24H2,1-3H3. The molecule has 5 aromatic rings. The monoisotopic (exact) mass is 637 g/mol. The quantitative estimate of drug-likeness (QED) is 0.0743. The van der Waals surface area contributed by atoms with Crippen molar-refractivity contribution < 1.29 is 29.0 Å². The van der Waals surface area contributed by atoms with Gasteiger partial charge in [0, 0.05) is 33.6 Å².